The molecule has 7 heteroatoms. The smallest absolute Gasteiger partial charge is 0.280 e. The third-order valence-electron chi connectivity index (χ3n) is 4.51. The van der Waals surface area contributed by atoms with Crippen molar-refractivity contribution in [3.63, 3.8) is 0 Å². The highest BCUT2D eigenvalue weighted by molar-refractivity contribution is 7.22. The van der Waals surface area contributed by atoms with Crippen LogP contribution in [0.1, 0.15) is 33.1 Å². The predicted molar refractivity (Wildman–Crippen MR) is 106 cm³/mol. The van der Waals surface area contributed by atoms with Crippen LogP contribution in [0.3, 0.4) is 0 Å². The molecular formula is C20H20N4O2S. The van der Waals surface area contributed by atoms with Crippen molar-refractivity contribution in [3.05, 3.63) is 64.9 Å². The lowest BCUT2D eigenvalue weighted by molar-refractivity contribution is 0.0977. The largest absolute Gasteiger partial charge is 0.467 e. The molecule has 27 heavy (non-hydrogen) atoms. The van der Waals surface area contributed by atoms with Crippen molar-refractivity contribution in [2.45, 2.75) is 27.3 Å². The van der Waals surface area contributed by atoms with Gasteiger partial charge in [0.1, 0.15) is 5.76 Å². The molecule has 0 atom stereocenters. The highest BCUT2D eigenvalue weighted by Crippen LogP contribution is 2.33. The molecule has 4 rings (SSSR count). The van der Waals surface area contributed by atoms with Crippen LogP contribution < -0.4 is 4.90 Å². The zero-order valence-electron chi connectivity index (χ0n) is 15.7. The molecule has 1 aromatic carbocycles. The number of aryl methyl sites for hydroxylation is 4. The lowest BCUT2D eigenvalue weighted by Crippen LogP contribution is -2.30. The van der Waals surface area contributed by atoms with Gasteiger partial charge in [0.15, 0.2) is 10.8 Å². The summed E-state index contributed by atoms with van der Waals surface area (Å²) in [6.07, 6.45) is 1.61. The first kappa shape index (κ1) is 17.5. The maximum atomic E-state index is 13.2. The van der Waals surface area contributed by atoms with E-state index in [2.05, 4.69) is 18.1 Å². The number of amides is 1. The first-order chi connectivity index (χ1) is 12.9. The molecule has 3 aromatic heterocycles. The first-order valence-corrected chi connectivity index (χ1v) is 9.46. The number of aromatic nitrogens is 3. The number of rotatable bonds is 4. The predicted octanol–water partition coefficient (Wildman–Crippen LogP) is 4.40. The van der Waals surface area contributed by atoms with E-state index in [9.17, 15) is 4.79 Å². The van der Waals surface area contributed by atoms with Crippen LogP contribution in [0.15, 0.2) is 41.0 Å². The van der Waals surface area contributed by atoms with Gasteiger partial charge in [-0.05, 0) is 56.2 Å². The SMILES string of the molecule is Cc1cc(C)c2sc(N(Cc3ccco3)C(=O)c3cc(C)n(C)n3)nc2c1. The van der Waals surface area contributed by atoms with Crippen molar-refractivity contribution in [2.75, 3.05) is 4.90 Å². The number of hydrogen-bond donors (Lipinski definition) is 0. The molecule has 4 aromatic rings. The second-order valence-electron chi connectivity index (χ2n) is 6.69. The van der Waals surface area contributed by atoms with Gasteiger partial charge in [0, 0.05) is 12.7 Å². The summed E-state index contributed by atoms with van der Waals surface area (Å²) in [5.41, 5.74) is 4.54. The van der Waals surface area contributed by atoms with E-state index < -0.39 is 0 Å². The monoisotopic (exact) mass is 380 g/mol. The molecule has 0 radical (unpaired) electrons. The van der Waals surface area contributed by atoms with Gasteiger partial charge in [-0.25, -0.2) is 4.98 Å². The maximum absolute atomic E-state index is 13.2. The standard InChI is InChI=1S/C20H20N4O2S/c1-12-8-13(2)18-16(9-12)21-20(27-18)24(11-15-6-5-7-26-15)19(25)17-10-14(3)23(4)22-17/h5-10H,11H2,1-4H3. The number of benzene rings is 1. The van der Waals surface area contributed by atoms with Gasteiger partial charge in [0.2, 0.25) is 0 Å². The van der Waals surface area contributed by atoms with E-state index >= 15 is 0 Å². The molecule has 0 aliphatic rings. The number of nitrogens with zero attached hydrogens (tertiary/aromatic N) is 4. The fourth-order valence-electron chi connectivity index (χ4n) is 3.07. The summed E-state index contributed by atoms with van der Waals surface area (Å²) in [5, 5.41) is 4.99. The summed E-state index contributed by atoms with van der Waals surface area (Å²) in [5.74, 6) is 0.506. The first-order valence-electron chi connectivity index (χ1n) is 8.65. The summed E-state index contributed by atoms with van der Waals surface area (Å²) in [6.45, 7) is 6.34. The summed E-state index contributed by atoms with van der Waals surface area (Å²) >= 11 is 1.51. The Hall–Kier alpha value is -2.93. The van der Waals surface area contributed by atoms with Crippen LogP contribution >= 0.6 is 11.3 Å². The molecule has 0 bridgehead atoms. The average molecular weight is 380 g/mol. The van der Waals surface area contributed by atoms with E-state index in [-0.39, 0.29) is 5.91 Å². The number of fused-ring (bicyclic) bond motifs is 1. The maximum Gasteiger partial charge on any atom is 0.280 e. The Labute approximate surface area is 161 Å². The molecule has 0 aliphatic carbocycles. The van der Waals surface area contributed by atoms with Gasteiger partial charge < -0.3 is 4.42 Å². The molecular weight excluding hydrogens is 360 g/mol. The third kappa shape index (κ3) is 3.26. The van der Waals surface area contributed by atoms with Crippen LogP contribution in [0.2, 0.25) is 0 Å². The Morgan fingerprint density at radius 2 is 2.07 bits per heavy atom. The Bertz CT molecular complexity index is 1110. The third-order valence-corrected chi connectivity index (χ3v) is 5.74. The summed E-state index contributed by atoms with van der Waals surface area (Å²) < 4.78 is 8.26. The molecule has 138 valence electrons. The minimum Gasteiger partial charge on any atom is -0.467 e. The zero-order valence-corrected chi connectivity index (χ0v) is 16.5. The quantitative estimate of drug-likeness (QED) is 0.526. The molecule has 1 amide bonds. The minimum atomic E-state index is -0.191. The van der Waals surface area contributed by atoms with Gasteiger partial charge in [0.25, 0.3) is 5.91 Å². The molecule has 0 aliphatic heterocycles. The van der Waals surface area contributed by atoms with Gasteiger partial charge in [-0.1, -0.05) is 17.4 Å². The van der Waals surface area contributed by atoms with Crippen LogP contribution in [0.5, 0.6) is 0 Å². The molecule has 0 fully saturated rings. The van der Waals surface area contributed by atoms with Crippen LogP contribution in [-0.2, 0) is 13.6 Å². The molecule has 0 saturated heterocycles. The molecule has 0 unspecified atom stereocenters. The minimum absolute atomic E-state index is 0.191. The lowest BCUT2D eigenvalue weighted by atomic mass is 10.1. The molecule has 6 nitrogen and oxygen atoms in total. The summed E-state index contributed by atoms with van der Waals surface area (Å²) in [4.78, 5) is 19.6. The van der Waals surface area contributed by atoms with E-state index in [1.807, 2.05) is 39.1 Å². The van der Waals surface area contributed by atoms with Gasteiger partial charge in [-0.2, -0.15) is 5.10 Å². The lowest BCUT2D eigenvalue weighted by Gasteiger charge is -2.17. The second kappa shape index (κ2) is 6.66. The molecule has 0 spiro atoms. The Balaban J connectivity index is 1.80. The number of carbonyl (C=O) groups excluding carboxylic acids is 1. The van der Waals surface area contributed by atoms with Gasteiger partial charge in [0.05, 0.1) is 23.0 Å². The summed E-state index contributed by atoms with van der Waals surface area (Å²) in [7, 11) is 1.83. The van der Waals surface area contributed by atoms with Gasteiger partial charge >= 0.3 is 0 Å². The normalized spacial score (nSPS) is 11.3. The van der Waals surface area contributed by atoms with Crippen molar-refractivity contribution in [2.24, 2.45) is 7.05 Å². The highest BCUT2D eigenvalue weighted by atomic mass is 32.1. The van der Waals surface area contributed by atoms with Crippen molar-refractivity contribution in [1.82, 2.24) is 14.8 Å². The molecule has 3 heterocycles. The number of furan rings is 1. The number of anilines is 1. The van der Waals surface area contributed by atoms with Crippen LogP contribution in [0.25, 0.3) is 10.2 Å². The van der Waals surface area contributed by atoms with Crippen molar-refractivity contribution >= 4 is 32.6 Å². The number of thiazole rings is 1. The molecule has 0 saturated carbocycles. The van der Waals surface area contributed by atoms with Gasteiger partial charge in [-0.3, -0.25) is 14.4 Å². The Kier molecular flexibility index (Phi) is 4.31. The number of carbonyl (C=O) groups is 1. The van der Waals surface area contributed by atoms with E-state index in [0.717, 1.165) is 27.0 Å². The van der Waals surface area contributed by atoms with E-state index in [4.69, 9.17) is 9.40 Å². The van der Waals surface area contributed by atoms with Crippen molar-refractivity contribution < 1.29 is 9.21 Å². The fraction of sp³-hybridized carbons (Fsp3) is 0.250. The highest BCUT2D eigenvalue weighted by Gasteiger charge is 2.25. The Morgan fingerprint density at radius 1 is 1.26 bits per heavy atom. The van der Waals surface area contributed by atoms with Crippen molar-refractivity contribution in [1.29, 1.82) is 0 Å². The van der Waals surface area contributed by atoms with Gasteiger partial charge in [-0.15, -0.1) is 0 Å². The number of hydrogen-bond acceptors (Lipinski definition) is 5. The zero-order chi connectivity index (χ0) is 19.1. The van der Waals surface area contributed by atoms with E-state index in [1.165, 1.54) is 11.3 Å². The molecule has 0 N–H and O–H groups in total. The van der Waals surface area contributed by atoms with Crippen LogP contribution in [0.4, 0.5) is 5.13 Å². The van der Waals surface area contributed by atoms with E-state index in [0.29, 0.717) is 23.1 Å². The Morgan fingerprint density at radius 3 is 2.74 bits per heavy atom. The summed E-state index contributed by atoms with van der Waals surface area (Å²) in [6, 6.07) is 9.63. The average Bonchev–Trinajstić information content (AvgIpc) is 3.33. The fourth-order valence-corrected chi connectivity index (χ4v) is 4.08. The second-order valence-corrected chi connectivity index (χ2v) is 7.67. The van der Waals surface area contributed by atoms with Crippen molar-refractivity contribution in [3.8, 4) is 0 Å². The van der Waals surface area contributed by atoms with Crippen LogP contribution in [-0.4, -0.2) is 20.7 Å². The topological polar surface area (TPSA) is 64.2 Å². The van der Waals surface area contributed by atoms with Crippen LogP contribution in [0, 0.1) is 20.8 Å². The van der Waals surface area contributed by atoms with E-state index in [1.54, 1.807) is 21.9 Å².